The number of carboxylic acid groups (broad SMARTS) is 1. The van der Waals surface area contributed by atoms with Crippen molar-refractivity contribution in [2.24, 2.45) is 0 Å². The van der Waals surface area contributed by atoms with Crippen molar-refractivity contribution in [1.29, 1.82) is 0 Å². The first kappa shape index (κ1) is 70.1. The van der Waals surface area contributed by atoms with Gasteiger partial charge in [0.2, 0.25) is 0 Å². The first-order valence-corrected chi connectivity index (χ1v) is 29.5. The molecule has 0 saturated carbocycles. The van der Waals surface area contributed by atoms with Gasteiger partial charge in [0.1, 0.15) is 18.8 Å². The molecule has 0 aromatic carbocycles. The first-order chi connectivity index (χ1) is 37.6. The fourth-order valence-corrected chi connectivity index (χ4v) is 8.07. The molecule has 434 valence electrons. The fourth-order valence-electron chi connectivity index (χ4n) is 8.07. The summed E-state index contributed by atoms with van der Waals surface area (Å²) in [5.74, 6) is -3.22. The Hall–Kier alpha value is -4.88. The van der Waals surface area contributed by atoms with Crippen molar-refractivity contribution in [3.8, 4) is 0 Å². The van der Waals surface area contributed by atoms with Crippen LogP contribution in [-0.2, 0) is 42.9 Å². The maximum Gasteiger partial charge on any atom is 0.335 e. The second-order valence-electron chi connectivity index (χ2n) is 19.5. The van der Waals surface area contributed by atoms with Crippen LogP contribution in [0.1, 0.15) is 213 Å². The minimum absolute atomic E-state index is 0.0124. The molecule has 1 aliphatic heterocycles. The lowest BCUT2D eigenvalue weighted by molar-refractivity contribution is -0.301. The van der Waals surface area contributed by atoms with E-state index in [1.54, 1.807) is 0 Å². The van der Waals surface area contributed by atoms with E-state index in [4.69, 9.17) is 23.7 Å². The highest BCUT2D eigenvalue weighted by molar-refractivity contribution is 5.74. The van der Waals surface area contributed by atoms with Crippen LogP contribution in [-0.4, -0.2) is 89.2 Å². The largest absolute Gasteiger partial charge is 0.479 e. The second-order valence-corrected chi connectivity index (χ2v) is 19.5. The summed E-state index contributed by atoms with van der Waals surface area (Å²) in [6.07, 6.45) is 58.9. The van der Waals surface area contributed by atoms with E-state index in [0.717, 1.165) is 122 Å². The minimum Gasteiger partial charge on any atom is -0.479 e. The summed E-state index contributed by atoms with van der Waals surface area (Å²) in [4.78, 5) is 51.0. The van der Waals surface area contributed by atoms with E-state index in [1.807, 2.05) is 0 Å². The number of ether oxygens (including phenoxy) is 5. The van der Waals surface area contributed by atoms with E-state index in [9.17, 15) is 34.5 Å². The van der Waals surface area contributed by atoms with Gasteiger partial charge in [-0.2, -0.15) is 0 Å². The van der Waals surface area contributed by atoms with Crippen LogP contribution in [0.4, 0.5) is 0 Å². The van der Waals surface area contributed by atoms with E-state index in [1.165, 1.54) is 32.1 Å². The number of carboxylic acids is 1. The summed E-state index contributed by atoms with van der Waals surface area (Å²) in [6, 6.07) is 0. The predicted molar refractivity (Wildman–Crippen MR) is 312 cm³/mol. The monoisotopic (exact) mass is 1070 g/mol. The molecule has 1 saturated heterocycles. The second kappa shape index (κ2) is 51.9. The van der Waals surface area contributed by atoms with Crippen LogP contribution in [0.2, 0.25) is 0 Å². The molecule has 0 aromatic rings. The number of rotatable bonds is 48. The van der Waals surface area contributed by atoms with Gasteiger partial charge in [-0.15, -0.1) is 0 Å². The zero-order chi connectivity index (χ0) is 56.1. The number of aliphatic hydroxyl groups excluding tert-OH is 2. The molecule has 0 aliphatic carbocycles. The topological polar surface area (TPSA) is 175 Å². The van der Waals surface area contributed by atoms with Gasteiger partial charge in [-0.25, -0.2) is 4.79 Å². The predicted octanol–water partition coefficient (Wildman–Crippen LogP) is 15.2. The third-order valence-corrected chi connectivity index (χ3v) is 12.5. The lowest BCUT2D eigenvalue weighted by Crippen LogP contribution is -2.61. The van der Waals surface area contributed by atoms with Crippen LogP contribution in [0.15, 0.2) is 122 Å². The number of hydrogen-bond donors (Lipinski definition) is 3. The standard InChI is InChI=1S/C65H102O12/c1-4-7-10-13-16-19-21-23-25-27-29-31-33-35-37-40-42-45-48-51-57(66)73-54-56(75-58(67)52-49-46-43-39-18-15-12-9-6-3)55-74-65-63(61(70)60(69)62(77-65)64(71)72)76-59(68)53-50-47-44-41-38-36-34-32-30-28-26-24-22-20-17-14-11-8-5-2/h7-8,10-11,16-17,19-20,23-26,29-32,35-38,56,60-63,65,69-70H,4-6,9,12-15,18,21-22,27-28,33-34,39-55H2,1-3H3,(H,71,72)/b10-7-,11-8-,19-16-,20-17-,25-23-,26-24-,31-29-,32-30-,37-35-,38-36-. The number of hydrogen-bond acceptors (Lipinski definition) is 11. The number of aliphatic hydroxyl groups is 2. The molecule has 0 amide bonds. The molecule has 1 rings (SSSR count). The van der Waals surface area contributed by atoms with Gasteiger partial charge in [0.25, 0.3) is 0 Å². The Labute approximate surface area is 465 Å². The Kier molecular flexibility index (Phi) is 47.2. The highest BCUT2D eigenvalue weighted by atomic mass is 16.7. The maximum atomic E-state index is 13.1. The number of carbonyl (C=O) groups excluding carboxylic acids is 3. The van der Waals surface area contributed by atoms with E-state index >= 15 is 0 Å². The molecule has 0 aromatic heterocycles. The molecular weight excluding hydrogens is 973 g/mol. The summed E-state index contributed by atoms with van der Waals surface area (Å²) >= 11 is 0. The van der Waals surface area contributed by atoms with Gasteiger partial charge < -0.3 is 39.0 Å². The minimum atomic E-state index is -1.92. The van der Waals surface area contributed by atoms with Crippen molar-refractivity contribution >= 4 is 23.9 Å². The molecule has 6 unspecified atom stereocenters. The molecule has 77 heavy (non-hydrogen) atoms. The zero-order valence-corrected chi connectivity index (χ0v) is 47.7. The van der Waals surface area contributed by atoms with Gasteiger partial charge >= 0.3 is 23.9 Å². The summed E-state index contributed by atoms with van der Waals surface area (Å²) < 4.78 is 28.3. The molecule has 0 spiro atoms. The van der Waals surface area contributed by atoms with Crippen LogP contribution in [0.5, 0.6) is 0 Å². The molecule has 1 fully saturated rings. The van der Waals surface area contributed by atoms with Gasteiger partial charge in [-0.05, 0) is 109 Å². The molecule has 12 nitrogen and oxygen atoms in total. The normalized spacial score (nSPS) is 18.9. The lowest BCUT2D eigenvalue weighted by Gasteiger charge is -2.40. The number of carbonyl (C=O) groups is 4. The third kappa shape index (κ3) is 41.8. The summed E-state index contributed by atoms with van der Waals surface area (Å²) in [6.45, 7) is 5.68. The smallest absolute Gasteiger partial charge is 0.335 e. The lowest BCUT2D eigenvalue weighted by atomic mass is 9.98. The fraction of sp³-hybridized carbons (Fsp3) is 0.631. The molecule has 0 bridgehead atoms. The molecule has 1 heterocycles. The third-order valence-electron chi connectivity index (χ3n) is 12.5. The van der Waals surface area contributed by atoms with Crippen molar-refractivity contribution in [3.63, 3.8) is 0 Å². The van der Waals surface area contributed by atoms with Gasteiger partial charge in [0.15, 0.2) is 24.6 Å². The van der Waals surface area contributed by atoms with Crippen LogP contribution in [0.25, 0.3) is 0 Å². The van der Waals surface area contributed by atoms with Crippen LogP contribution in [0, 0.1) is 0 Å². The number of esters is 3. The van der Waals surface area contributed by atoms with Crippen LogP contribution < -0.4 is 0 Å². The Morgan fingerprint density at radius 2 is 0.818 bits per heavy atom. The molecule has 1 aliphatic rings. The van der Waals surface area contributed by atoms with E-state index in [-0.39, 0.29) is 25.9 Å². The van der Waals surface area contributed by atoms with Crippen molar-refractivity contribution in [2.75, 3.05) is 13.2 Å². The molecule has 3 N–H and O–H groups in total. The number of allylic oxidation sites excluding steroid dienone is 20. The first-order valence-electron chi connectivity index (χ1n) is 29.5. The maximum absolute atomic E-state index is 13.1. The quantitative estimate of drug-likeness (QED) is 0.0228. The highest BCUT2D eigenvalue weighted by Gasteiger charge is 2.50. The number of aliphatic carboxylic acids is 1. The van der Waals surface area contributed by atoms with Crippen molar-refractivity contribution < 1.29 is 58.2 Å². The van der Waals surface area contributed by atoms with E-state index in [2.05, 4.69) is 142 Å². The number of unbranched alkanes of at least 4 members (excludes halogenated alkanes) is 14. The average Bonchev–Trinajstić information content (AvgIpc) is 3.42. The van der Waals surface area contributed by atoms with Crippen LogP contribution in [0.3, 0.4) is 0 Å². The Morgan fingerprint density at radius 1 is 0.442 bits per heavy atom. The van der Waals surface area contributed by atoms with Gasteiger partial charge in [-0.3, -0.25) is 14.4 Å². The van der Waals surface area contributed by atoms with Crippen molar-refractivity contribution in [2.45, 2.75) is 250 Å². The molecular formula is C65H102O12. The van der Waals surface area contributed by atoms with Gasteiger partial charge in [0.05, 0.1) is 6.61 Å². The van der Waals surface area contributed by atoms with Crippen molar-refractivity contribution in [3.05, 3.63) is 122 Å². The Morgan fingerprint density at radius 3 is 1.25 bits per heavy atom. The highest BCUT2D eigenvalue weighted by Crippen LogP contribution is 2.26. The Bertz CT molecular complexity index is 1800. The summed E-state index contributed by atoms with van der Waals surface area (Å²) in [5, 5.41) is 31.5. The molecule has 6 atom stereocenters. The summed E-state index contributed by atoms with van der Waals surface area (Å²) in [7, 11) is 0. The Balaban J connectivity index is 2.69. The molecule has 0 radical (unpaired) electrons. The summed E-state index contributed by atoms with van der Waals surface area (Å²) in [5.41, 5.74) is 0. The average molecular weight is 1080 g/mol. The van der Waals surface area contributed by atoms with E-state index in [0.29, 0.717) is 19.3 Å². The SMILES string of the molecule is CC/C=C\C/C=C\C/C=C\C/C=C\C/C=C\CCCCCC(=O)OCC(COC1OC(C(=O)O)C(O)C(O)C1OC(=O)CCCCC/C=C\C/C=C\C/C=C\C/C=C\C/C=C\CC)OC(=O)CCCCCCCCCCC. The van der Waals surface area contributed by atoms with E-state index < -0.39 is 67.3 Å². The zero-order valence-electron chi connectivity index (χ0n) is 47.7. The van der Waals surface area contributed by atoms with Crippen LogP contribution >= 0.6 is 0 Å². The molecule has 12 heteroatoms. The van der Waals surface area contributed by atoms with Crippen molar-refractivity contribution in [1.82, 2.24) is 0 Å². The van der Waals surface area contributed by atoms with Gasteiger partial charge in [0, 0.05) is 19.3 Å². The van der Waals surface area contributed by atoms with Gasteiger partial charge in [-0.1, -0.05) is 206 Å².